The van der Waals surface area contributed by atoms with Gasteiger partial charge in [0.05, 0.1) is 16.9 Å². The average molecular weight is 431 g/mol. The molecule has 1 heterocycles. The van der Waals surface area contributed by atoms with Gasteiger partial charge in [0.15, 0.2) is 0 Å². The Morgan fingerprint density at radius 2 is 2.00 bits per heavy atom. The molecule has 0 saturated heterocycles. The van der Waals surface area contributed by atoms with Gasteiger partial charge in [-0.15, -0.1) is 0 Å². The largest absolute Gasteiger partial charge is 0.480 e. The summed E-state index contributed by atoms with van der Waals surface area (Å²) < 4.78 is 15.4. The van der Waals surface area contributed by atoms with E-state index in [1.54, 1.807) is 6.07 Å². The molecule has 0 bridgehead atoms. The number of carboxylic acids is 1. The number of carbonyl (C=O) groups is 2. The van der Waals surface area contributed by atoms with E-state index in [1.807, 2.05) is 22.6 Å². The fourth-order valence-corrected chi connectivity index (χ4v) is 2.33. The third-order valence-electron chi connectivity index (χ3n) is 2.90. The lowest BCUT2D eigenvalue weighted by Crippen LogP contribution is -2.26. The van der Waals surface area contributed by atoms with Crippen LogP contribution in [0.15, 0.2) is 35.3 Å². The fraction of sp³-hybridized carbons (Fsp3) is 0.0714. The second-order valence-corrected chi connectivity index (χ2v) is 5.82. The van der Waals surface area contributed by atoms with Crippen LogP contribution in [0.1, 0.15) is 10.4 Å². The summed E-state index contributed by atoms with van der Waals surface area (Å²) >= 11 is 1.94. The van der Waals surface area contributed by atoms with Gasteiger partial charge in [-0.3, -0.25) is 14.4 Å². The van der Waals surface area contributed by atoms with Crippen LogP contribution >= 0.6 is 22.6 Å². The van der Waals surface area contributed by atoms with Gasteiger partial charge in [0.25, 0.3) is 11.5 Å². The number of carboxylic acid groups (broad SMARTS) is 1. The molecule has 0 spiro atoms. The van der Waals surface area contributed by atoms with Gasteiger partial charge in [0, 0.05) is 15.8 Å². The first-order valence-electron chi connectivity index (χ1n) is 6.26. The van der Waals surface area contributed by atoms with Crippen molar-refractivity contribution < 1.29 is 19.1 Å². The Labute approximate surface area is 143 Å². The predicted molar refractivity (Wildman–Crippen MR) is 89.3 cm³/mol. The number of halogens is 2. The van der Waals surface area contributed by atoms with E-state index in [2.05, 4.69) is 5.32 Å². The third-order valence-corrected chi connectivity index (χ3v) is 3.57. The topological polar surface area (TPSA) is 114 Å². The van der Waals surface area contributed by atoms with Crippen molar-refractivity contribution in [2.45, 2.75) is 6.54 Å². The maximum absolute atomic E-state index is 13.9. The second-order valence-electron chi connectivity index (χ2n) is 4.57. The van der Waals surface area contributed by atoms with Crippen molar-refractivity contribution in [3.63, 3.8) is 0 Å². The summed E-state index contributed by atoms with van der Waals surface area (Å²) in [5, 5.41) is 11.4. The molecule has 2 rings (SSSR count). The molecular weight excluding hydrogens is 420 g/mol. The summed E-state index contributed by atoms with van der Waals surface area (Å²) in [5.74, 6) is -2.69. The number of hydrogen-bond donors (Lipinski definition) is 3. The quantitative estimate of drug-likeness (QED) is 0.622. The fourth-order valence-electron chi connectivity index (χ4n) is 1.88. The standard InChI is InChI=1S/C14H11FIN3O4/c15-9-3-7(16)1-2-10(9)18-11-4-12(20)19(6-13(21)22)5-8(11)14(17)23/h1-5,18H,6H2,(H2,17,23)(H,21,22). The van der Waals surface area contributed by atoms with Gasteiger partial charge in [-0.05, 0) is 40.8 Å². The Bertz CT molecular complexity index is 850. The first kappa shape index (κ1) is 16.9. The number of rotatable bonds is 5. The Morgan fingerprint density at radius 3 is 2.57 bits per heavy atom. The molecule has 0 aliphatic carbocycles. The van der Waals surface area contributed by atoms with Gasteiger partial charge in [-0.25, -0.2) is 4.39 Å². The summed E-state index contributed by atoms with van der Waals surface area (Å²) in [4.78, 5) is 34.1. The predicted octanol–water partition coefficient (Wildman–Crippen LogP) is 1.52. The summed E-state index contributed by atoms with van der Waals surface area (Å²) in [7, 11) is 0. The van der Waals surface area contributed by atoms with Crippen LogP contribution < -0.4 is 16.6 Å². The number of nitrogens with one attached hydrogen (secondary N) is 1. The van der Waals surface area contributed by atoms with E-state index in [9.17, 15) is 18.8 Å². The molecule has 0 saturated carbocycles. The summed E-state index contributed by atoms with van der Waals surface area (Å²) in [6.07, 6.45) is 1.03. The average Bonchev–Trinajstić information content (AvgIpc) is 2.44. The Hall–Kier alpha value is -2.43. The molecule has 0 radical (unpaired) electrons. The van der Waals surface area contributed by atoms with Crippen LogP contribution in [0.5, 0.6) is 0 Å². The van der Waals surface area contributed by atoms with Gasteiger partial charge in [0.2, 0.25) is 0 Å². The van der Waals surface area contributed by atoms with E-state index >= 15 is 0 Å². The smallest absolute Gasteiger partial charge is 0.323 e. The summed E-state index contributed by atoms with van der Waals surface area (Å²) in [6.45, 7) is -0.614. The number of amides is 1. The Balaban J connectivity index is 2.49. The highest BCUT2D eigenvalue weighted by Gasteiger charge is 2.14. The van der Waals surface area contributed by atoms with E-state index in [1.165, 1.54) is 12.1 Å². The maximum Gasteiger partial charge on any atom is 0.323 e. The van der Waals surface area contributed by atoms with Gasteiger partial charge in [0.1, 0.15) is 12.4 Å². The zero-order valence-corrected chi connectivity index (χ0v) is 13.7. The molecule has 1 aromatic heterocycles. The lowest BCUT2D eigenvalue weighted by Gasteiger charge is -2.13. The molecule has 120 valence electrons. The van der Waals surface area contributed by atoms with Crippen molar-refractivity contribution in [1.29, 1.82) is 0 Å². The molecule has 2 aromatic rings. The number of aliphatic carboxylic acids is 1. The number of pyridine rings is 1. The summed E-state index contributed by atoms with van der Waals surface area (Å²) in [6, 6.07) is 5.37. The van der Waals surface area contributed by atoms with Gasteiger partial charge < -0.3 is 20.7 Å². The van der Waals surface area contributed by atoms with Crippen LogP contribution in [0.25, 0.3) is 0 Å². The number of anilines is 2. The number of nitrogens with two attached hydrogens (primary N) is 1. The molecule has 0 aliphatic heterocycles. The molecule has 0 aliphatic rings. The van der Waals surface area contributed by atoms with Crippen LogP contribution in [0.4, 0.5) is 15.8 Å². The van der Waals surface area contributed by atoms with Crippen molar-refractivity contribution >= 4 is 45.8 Å². The molecule has 0 fully saturated rings. The SMILES string of the molecule is NC(=O)c1cn(CC(=O)O)c(=O)cc1Nc1ccc(I)cc1F. The third kappa shape index (κ3) is 4.06. The van der Waals surface area contributed by atoms with Crippen LogP contribution in [-0.2, 0) is 11.3 Å². The van der Waals surface area contributed by atoms with Crippen LogP contribution in [0.2, 0.25) is 0 Å². The number of benzene rings is 1. The van der Waals surface area contributed by atoms with Gasteiger partial charge in [-0.2, -0.15) is 0 Å². The molecular formula is C14H11FIN3O4. The molecule has 23 heavy (non-hydrogen) atoms. The van der Waals surface area contributed by atoms with Crippen molar-refractivity contribution in [2.24, 2.45) is 5.73 Å². The zero-order valence-electron chi connectivity index (χ0n) is 11.5. The first-order valence-corrected chi connectivity index (χ1v) is 7.34. The lowest BCUT2D eigenvalue weighted by molar-refractivity contribution is -0.137. The second kappa shape index (κ2) is 6.77. The molecule has 9 heteroatoms. The lowest BCUT2D eigenvalue weighted by atomic mass is 10.2. The molecule has 1 amide bonds. The molecule has 0 unspecified atom stereocenters. The highest BCUT2D eigenvalue weighted by molar-refractivity contribution is 14.1. The van der Waals surface area contributed by atoms with Crippen molar-refractivity contribution in [2.75, 3.05) is 5.32 Å². The van der Waals surface area contributed by atoms with Crippen LogP contribution in [0.3, 0.4) is 0 Å². The minimum Gasteiger partial charge on any atom is -0.480 e. The Morgan fingerprint density at radius 1 is 1.30 bits per heavy atom. The van der Waals surface area contributed by atoms with E-state index in [0.29, 0.717) is 3.57 Å². The van der Waals surface area contributed by atoms with Gasteiger partial charge in [-0.1, -0.05) is 0 Å². The van der Waals surface area contributed by atoms with E-state index < -0.39 is 29.8 Å². The normalized spacial score (nSPS) is 10.3. The number of nitrogens with zero attached hydrogens (tertiary/aromatic N) is 1. The zero-order chi connectivity index (χ0) is 17.1. The highest BCUT2D eigenvalue weighted by atomic mass is 127. The molecule has 7 nitrogen and oxygen atoms in total. The number of carbonyl (C=O) groups excluding carboxylic acids is 1. The Kier molecular flexibility index (Phi) is 4.98. The number of hydrogen-bond acceptors (Lipinski definition) is 4. The monoisotopic (exact) mass is 431 g/mol. The molecule has 0 atom stereocenters. The minimum absolute atomic E-state index is 0.00393. The highest BCUT2D eigenvalue weighted by Crippen LogP contribution is 2.23. The minimum atomic E-state index is -1.24. The summed E-state index contributed by atoms with van der Waals surface area (Å²) in [5.41, 5.74) is 4.52. The van der Waals surface area contributed by atoms with E-state index in [0.717, 1.165) is 16.8 Å². The van der Waals surface area contributed by atoms with E-state index in [4.69, 9.17) is 10.8 Å². The number of primary amides is 1. The molecule has 4 N–H and O–H groups in total. The van der Waals surface area contributed by atoms with Crippen LogP contribution in [0, 0.1) is 9.39 Å². The van der Waals surface area contributed by atoms with E-state index in [-0.39, 0.29) is 16.9 Å². The number of aromatic nitrogens is 1. The van der Waals surface area contributed by atoms with Crippen molar-refractivity contribution in [3.8, 4) is 0 Å². The van der Waals surface area contributed by atoms with Crippen LogP contribution in [-0.4, -0.2) is 21.6 Å². The first-order chi connectivity index (χ1) is 10.8. The molecule has 1 aromatic carbocycles. The maximum atomic E-state index is 13.9. The van der Waals surface area contributed by atoms with Gasteiger partial charge >= 0.3 is 5.97 Å². The van der Waals surface area contributed by atoms with Crippen molar-refractivity contribution in [1.82, 2.24) is 4.57 Å². The van der Waals surface area contributed by atoms with Crippen molar-refractivity contribution in [3.05, 3.63) is 55.8 Å².